The minimum Gasteiger partial charge on any atom is -0.357 e. The number of aryl methyl sites for hydroxylation is 1. The molecule has 4 heterocycles. The van der Waals surface area contributed by atoms with Crippen LogP contribution < -0.4 is 11.1 Å². The summed E-state index contributed by atoms with van der Waals surface area (Å²) in [4.78, 5) is 36.2. The lowest BCUT2D eigenvalue weighted by atomic mass is 9.85. The van der Waals surface area contributed by atoms with Crippen LogP contribution in [-0.2, 0) is 9.59 Å². The molecule has 40 heavy (non-hydrogen) atoms. The Morgan fingerprint density at radius 3 is 2.77 bits per heavy atom. The third-order valence-electron chi connectivity index (χ3n) is 8.16. The number of piperidine rings is 1. The molecular weight excluding hydrogens is 542 g/mol. The highest BCUT2D eigenvalue weighted by Crippen LogP contribution is 2.36. The number of likely N-dealkylation sites (tertiary alicyclic amines) is 2. The highest BCUT2D eigenvalue weighted by molar-refractivity contribution is 7.17. The molecule has 0 spiro atoms. The van der Waals surface area contributed by atoms with Gasteiger partial charge in [-0.15, -0.1) is 11.3 Å². The van der Waals surface area contributed by atoms with Gasteiger partial charge in [0, 0.05) is 40.4 Å². The standard InChI is InChI=1S/C31H36ClN5O2S/c1-21-8-9-23-19-24(10-12-26(23)34-21)35-22(2)30(3)14-5-18-37(30)28(38)20-36-17-6-16-31(33,29(36)39)15-4-7-25-11-13-27(32)40-25/h4,7-13,19,35H,2,5-6,14-18,20,33H2,1,3H3/b7-4+/t30-,31+/m0/s1. The smallest absolute Gasteiger partial charge is 0.243 e. The van der Waals surface area contributed by atoms with E-state index in [4.69, 9.17) is 17.3 Å². The van der Waals surface area contributed by atoms with Crippen LogP contribution in [0.25, 0.3) is 17.0 Å². The first-order valence-corrected chi connectivity index (χ1v) is 14.9. The number of amides is 2. The summed E-state index contributed by atoms with van der Waals surface area (Å²) in [7, 11) is 0. The zero-order valence-electron chi connectivity index (χ0n) is 23.1. The number of nitrogens with two attached hydrogens (primary N) is 1. The van der Waals surface area contributed by atoms with Crippen LogP contribution in [0.2, 0.25) is 4.34 Å². The van der Waals surface area contributed by atoms with Gasteiger partial charge in [-0.05, 0) is 88.4 Å². The van der Waals surface area contributed by atoms with Crippen molar-refractivity contribution in [1.82, 2.24) is 14.8 Å². The van der Waals surface area contributed by atoms with Crippen molar-refractivity contribution in [2.75, 3.05) is 25.0 Å². The Bertz CT molecular complexity index is 1490. The molecule has 2 amide bonds. The maximum absolute atomic E-state index is 13.6. The molecule has 2 fully saturated rings. The van der Waals surface area contributed by atoms with Gasteiger partial charge in [-0.25, -0.2) is 0 Å². The molecule has 0 aliphatic carbocycles. The summed E-state index contributed by atoms with van der Waals surface area (Å²) >= 11 is 7.49. The van der Waals surface area contributed by atoms with Crippen LogP contribution in [0.15, 0.2) is 60.8 Å². The zero-order chi connectivity index (χ0) is 28.5. The fourth-order valence-corrected chi connectivity index (χ4v) is 6.78. The molecule has 0 saturated carbocycles. The number of pyridine rings is 1. The average Bonchev–Trinajstić information content (AvgIpc) is 3.52. The number of carbonyl (C=O) groups excluding carboxylic acids is 2. The second-order valence-corrected chi connectivity index (χ2v) is 12.9. The van der Waals surface area contributed by atoms with E-state index in [1.807, 2.05) is 67.3 Å². The Balaban J connectivity index is 1.24. The molecule has 2 aromatic heterocycles. The molecule has 0 radical (unpaired) electrons. The second-order valence-electron chi connectivity index (χ2n) is 11.1. The minimum atomic E-state index is -1.01. The first-order valence-electron chi connectivity index (χ1n) is 13.7. The molecule has 5 rings (SSSR count). The SMILES string of the molecule is C=C(Nc1ccc2nc(C)ccc2c1)[C@]1(C)CCCN1C(=O)CN1CCC[C@](N)(C/C=C/c2ccc(Cl)s2)C1=O. The molecular formula is C31H36ClN5O2S. The van der Waals surface area contributed by atoms with E-state index < -0.39 is 11.1 Å². The molecule has 2 atom stereocenters. The largest absolute Gasteiger partial charge is 0.357 e. The van der Waals surface area contributed by atoms with Gasteiger partial charge in [0.1, 0.15) is 0 Å². The fraction of sp³-hybridized carbons (Fsp3) is 0.387. The molecule has 2 saturated heterocycles. The Kier molecular flexibility index (Phi) is 8.04. The van der Waals surface area contributed by atoms with Crippen molar-refractivity contribution in [3.05, 3.63) is 75.7 Å². The van der Waals surface area contributed by atoms with Crippen molar-refractivity contribution in [2.45, 2.75) is 57.0 Å². The predicted molar refractivity (Wildman–Crippen MR) is 164 cm³/mol. The summed E-state index contributed by atoms with van der Waals surface area (Å²) in [5, 5.41) is 4.49. The van der Waals surface area contributed by atoms with Gasteiger partial charge < -0.3 is 20.9 Å². The number of hydrogen-bond acceptors (Lipinski definition) is 6. The Morgan fingerprint density at radius 1 is 1.20 bits per heavy atom. The molecule has 210 valence electrons. The summed E-state index contributed by atoms with van der Waals surface area (Å²) in [5.74, 6) is -0.249. The van der Waals surface area contributed by atoms with E-state index in [2.05, 4.69) is 22.9 Å². The van der Waals surface area contributed by atoms with Crippen molar-refractivity contribution < 1.29 is 9.59 Å². The Hall–Kier alpha value is -3.20. The van der Waals surface area contributed by atoms with E-state index in [-0.39, 0.29) is 18.4 Å². The van der Waals surface area contributed by atoms with Crippen molar-refractivity contribution >= 4 is 57.4 Å². The number of benzene rings is 1. The Morgan fingerprint density at radius 2 is 2.00 bits per heavy atom. The summed E-state index contributed by atoms with van der Waals surface area (Å²) in [6, 6.07) is 13.9. The second kappa shape index (κ2) is 11.4. The number of nitrogens with zero attached hydrogens (tertiary/aromatic N) is 3. The number of fused-ring (bicyclic) bond motifs is 1. The van der Waals surface area contributed by atoms with Crippen molar-refractivity contribution in [3.63, 3.8) is 0 Å². The van der Waals surface area contributed by atoms with E-state index in [0.29, 0.717) is 25.9 Å². The van der Waals surface area contributed by atoms with Gasteiger partial charge in [0.15, 0.2) is 0 Å². The van der Waals surface area contributed by atoms with Crippen LogP contribution in [0.1, 0.15) is 49.6 Å². The normalized spacial score (nSPS) is 23.4. The van der Waals surface area contributed by atoms with Crippen LogP contribution in [0, 0.1) is 6.92 Å². The maximum Gasteiger partial charge on any atom is 0.243 e. The van der Waals surface area contributed by atoms with E-state index in [1.165, 1.54) is 11.3 Å². The molecule has 7 nitrogen and oxygen atoms in total. The van der Waals surface area contributed by atoms with E-state index in [1.54, 1.807) is 4.90 Å². The minimum absolute atomic E-state index is 0.0197. The third kappa shape index (κ3) is 5.80. The van der Waals surface area contributed by atoms with Crippen LogP contribution in [0.3, 0.4) is 0 Å². The average molecular weight is 578 g/mol. The number of halogens is 1. The number of hydrogen-bond donors (Lipinski definition) is 2. The molecule has 3 aromatic rings. The van der Waals surface area contributed by atoms with Gasteiger partial charge in [0.05, 0.1) is 27.5 Å². The van der Waals surface area contributed by atoms with Crippen LogP contribution >= 0.6 is 22.9 Å². The van der Waals surface area contributed by atoms with E-state index in [0.717, 1.165) is 56.5 Å². The zero-order valence-corrected chi connectivity index (χ0v) is 24.7. The number of aromatic nitrogens is 1. The molecule has 9 heteroatoms. The van der Waals surface area contributed by atoms with Gasteiger partial charge in [0.25, 0.3) is 0 Å². The number of rotatable bonds is 8. The Labute approximate surface area is 244 Å². The van der Waals surface area contributed by atoms with Gasteiger partial charge in [0.2, 0.25) is 11.8 Å². The first kappa shape index (κ1) is 28.3. The van der Waals surface area contributed by atoms with E-state index >= 15 is 0 Å². The van der Waals surface area contributed by atoms with Crippen LogP contribution in [0.4, 0.5) is 5.69 Å². The summed E-state index contributed by atoms with van der Waals surface area (Å²) < 4.78 is 0.719. The molecule has 0 unspecified atom stereocenters. The first-order chi connectivity index (χ1) is 19.1. The highest BCUT2D eigenvalue weighted by Gasteiger charge is 2.45. The molecule has 0 bridgehead atoms. The molecule has 3 N–H and O–H groups in total. The lowest BCUT2D eigenvalue weighted by Gasteiger charge is -2.41. The monoisotopic (exact) mass is 577 g/mol. The van der Waals surface area contributed by atoms with Crippen molar-refractivity contribution in [3.8, 4) is 0 Å². The molecule has 2 aliphatic heterocycles. The lowest BCUT2D eigenvalue weighted by molar-refractivity contribution is -0.147. The number of carbonyl (C=O) groups is 2. The molecule has 2 aliphatic rings. The van der Waals surface area contributed by atoms with Gasteiger partial charge in [-0.2, -0.15) is 0 Å². The summed E-state index contributed by atoms with van der Waals surface area (Å²) in [6.45, 7) is 9.54. The highest BCUT2D eigenvalue weighted by atomic mass is 35.5. The number of thiophene rings is 1. The van der Waals surface area contributed by atoms with Crippen LogP contribution in [-0.4, -0.2) is 57.3 Å². The quantitative estimate of drug-likeness (QED) is 0.343. The van der Waals surface area contributed by atoms with Gasteiger partial charge in [-0.3, -0.25) is 14.6 Å². The fourth-order valence-electron chi connectivity index (χ4n) is 5.79. The third-order valence-corrected chi connectivity index (χ3v) is 9.36. The van der Waals surface area contributed by atoms with Crippen LogP contribution in [0.5, 0.6) is 0 Å². The molecule has 1 aromatic carbocycles. The van der Waals surface area contributed by atoms with E-state index in [9.17, 15) is 9.59 Å². The summed E-state index contributed by atoms with van der Waals surface area (Å²) in [6.07, 6.45) is 7.31. The predicted octanol–water partition coefficient (Wildman–Crippen LogP) is 5.99. The van der Waals surface area contributed by atoms with Crippen molar-refractivity contribution in [1.29, 1.82) is 0 Å². The number of anilines is 1. The van der Waals surface area contributed by atoms with Gasteiger partial charge >= 0.3 is 0 Å². The maximum atomic E-state index is 13.6. The lowest BCUT2D eigenvalue weighted by Crippen LogP contribution is -2.61. The topological polar surface area (TPSA) is 91.6 Å². The summed E-state index contributed by atoms with van der Waals surface area (Å²) in [5.41, 5.74) is 8.60. The van der Waals surface area contributed by atoms with Crippen molar-refractivity contribution in [2.24, 2.45) is 5.73 Å². The number of nitrogens with one attached hydrogen (secondary N) is 1. The van der Waals surface area contributed by atoms with Gasteiger partial charge in [-0.1, -0.05) is 30.3 Å².